The van der Waals surface area contributed by atoms with Crippen molar-refractivity contribution in [2.75, 3.05) is 17.7 Å². The number of rotatable bonds is 9. The smallest absolute Gasteiger partial charge is 0.272 e. The molecule has 3 N–H and O–H groups in total. The van der Waals surface area contributed by atoms with Crippen molar-refractivity contribution in [3.05, 3.63) is 94.2 Å². The molecule has 0 fully saturated rings. The van der Waals surface area contributed by atoms with Gasteiger partial charge in [0.05, 0.1) is 23.9 Å². The van der Waals surface area contributed by atoms with Crippen LogP contribution in [0.15, 0.2) is 71.5 Å². The van der Waals surface area contributed by atoms with Crippen molar-refractivity contribution in [3.63, 3.8) is 0 Å². The molecule has 0 atom stereocenters. The lowest BCUT2D eigenvalue weighted by Crippen LogP contribution is -2.15. The fraction of sp³-hybridized carbons (Fsp3) is 0.185. The number of aromatic amines is 1. The largest absolute Gasteiger partial charge is 0.497 e. The summed E-state index contributed by atoms with van der Waals surface area (Å²) < 4.78 is 19.5. The van der Waals surface area contributed by atoms with Gasteiger partial charge in [0, 0.05) is 30.3 Å². The van der Waals surface area contributed by atoms with Crippen LogP contribution in [0.25, 0.3) is 10.8 Å². The number of amides is 2. The minimum atomic E-state index is -0.566. The van der Waals surface area contributed by atoms with E-state index in [-0.39, 0.29) is 30.0 Å². The highest BCUT2D eigenvalue weighted by molar-refractivity contribution is 5.93. The summed E-state index contributed by atoms with van der Waals surface area (Å²) in [6.45, 7) is 0. The molecule has 36 heavy (non-hydrogen) atoms. The number of ether oxygens (including phenoxy) is 1. The fourth-order valence-electron chi connectivity index (χ4n) is 3.80. The zero-order valence-corrected chi connectivity index (χ0v) is 19.6. The van der Waals surface area contributed by atoms with Crippen LogP contribution in [0, 0.1) is 5.82 Å². The van der Waals surface area contributed by atoms with Gasteiger partial charge in [0.25, 0.3) is 5.56 Å². The second-order valence-corrected chi connectivity index (χ2v) is 8.21. The van der Waals surface area contributed by atoms with Gasteiger partial charge in [-0.15, -0.1) is 0 Å². The second kappa shape index (κ2) is 11.3. The number of H-pyrrole nitrogens is 1. The van der Waals surface area contributed by atoms with Crippen molar-refractivity contribution < 1.29 is 18.7 Å². The lowest BCUT2D eigenvalue weighted by Gasteiger charge is -2.10. The summed E-state index contributed by atoms with van der Waals surface area (Å²) in [4.78, 5) is 36.5. The average Bonchev–Trinajstić information content (AvgIpc) is 2.88. The van der Waals surface area contributed by atoms with Crippen molar-refractivity contribution in [3.8, 4) is 5.75 Å². The van der Waals surface area contributed by atoms with E-state index in [2.05, 4.69) is 20.8 Å². The van der Waals surface area contributed by atoms with E-state index in [1.54, 1.807) is 55.6 Å². The maximum atomic E-state index is 14.4. The molecule has 2 amide bonds. The third-order valence-corrected chi connectivity index (χ3v) is 5.63. The van der Waals surface area contributed by atoms with Crippen LogP contribution in [-0.2, 0) is 16.0 Å². The first-order valence-corrected chi connectivity index (χ1v) is 11.4. The number of fused-ring (bicyclic) bond motifs is 1. The molecule has 9 heteroatoms. The minimum absolute atomic E-state index is 0.0499. The van der Waals surface area contributed by atoms with Crippen molar-refractivity contribution in [1.82, 2.24) is 10.2 Å². The Morgan fingerprint density at radius 2 is 1.64 bits per heavy atom. The van der Waals surface area contributed by atoms with E-state index in [1.807, 2.05) is 12.1 Å². The molecule has 0 saturated heterocycles. The number of aromatic nitrogens is 2. The Balaban J connectivity index is 1.33. The highest BCUT2D eigenvalue weighted by Gasteiger charge is 2.12. The van der Waals surface area contributed by atoms with Crippen LogP contribution in [0.4, 0.5) is 15.8 Å². The van der Waals surface area contributed by atoms with Gasteiger partial charge in [0.1, 0.15) is 11.6 Å². The van der Waals surface area contributed by atoms with Crippen LogP contribution in [0.1, 0.15) is 30.5 Å². The van der Waals surface area contributed by atoms with Gasteiger partial charge in [-0.25, -0.2) is 9.49 Å². The monoisotopic (exact) mass is 488 g/mol. The fourth-order valence-corrected chi connectivity index (χ4v) is 3.80. The van der Waals surface area contributed by atoms with E-state index in [4.69, 9.17) is 4.74 Å². The molecule has 8 nitrogen and oxygen atoms in total. The maximum Gasteiger partial charge on any atom is 0.272 e. The van der Waals surface area contributed by atoms with Crippen LogP contribution < -0.4 is 20.9 Å². The Hall–Kier alpha value is -4.53. The molecule has 1 aromatic heterocycles. The number of nitrogens with one attached hydrogen (secondary N) is 3. The Labute approximate surface area is 206 Å². The van der Waals surface area contributed by atoms with Crippen LogP contribution in [0.5, 0.6) is 5.75 Å². The second-order valence-electron chi connectivity index (χ2n) is 8.21. The van der Waals surface area contributed by atoms with E-state index in [0.717, 1.165) is 5.56 Å². The van der Waals surface area contributed by atoms with E-state index in [0.29, 0.717) is 40.7 Å². The molecular weight excluding hydrogens is 463 g/mol. The molecule has 0 aliphatic carbocycles. The molecule has 0 unspecified atom stereocenters. The van der Waals surface area contributed by atoms with Crippen molar-refractivity contribution >= 4 is 34.0 Å². The van der Waals surface area contributed by atoms with Gasteiger partial charge >= 0.3 is 0 Å². The summed E-state index contributed by atoms with van der Waals surface area (Å²) in [6, 6.07) is 18.5. The SMILES string of the molecule is COc1ccc(NC(=O)CCCC(=O)Nc2cc(Cc3n[nH]c(=O)c4ccccc34)ccc2F)cc1. The number of hydrogen-bond donors (Lipinski definition) is 3. The van der Waals surface area contributed by atoms with Gasteiger partial charge in [-0.2, -0.15) is 5.10 Å². The third kappa shape index (κ3) is 6.12. The first kappa shape index (κ1) is 24.6. The molecule has 0 bridgehead atoms. The number of benzene rings is 3. The van der Waals surface area contributed by atoms with Crippen LogP contribution >= 0.6 is 0 Å². The zero-order valence-electron chi connectivity index (χ0n) is 19.6. The summed E-state index contributed by atoms with van der Waals surface area (Å²) in [5.41, 5.74) is 1.76. The highest BCUT2D eigenvalue weighted by atomic mass is 19.1. The van der Waals surface area contributed by atoms with Crippen molar-refractivity contribution in [1.29, 1.82) is 0 Å². The predicted octanol–water partition coefficient (Wildman–Crippen LogP) is 4.41. The molecule has 4 rings (SSSR count). The molecular formula is C27H25FN4O4. The Kier molecular flexibility index (Phi) is 7.69. The van der Waals surface area contributed by atoms with Crippen LogP contribution in [0.3, 0.4) is 0 Å². The molecule has 1 heterocycles. The molecule has 4 aromatic rings. The van der Waals surface area contributed by atoms with E-state index in [9.17, 15) is 18.8 Å². The Morgan fingerprint density at radius 3 is 2.36 bits per heavy atom. The normalized spacial score (nSPS) is 10.7. The van der Waals surface area contributed by atoms with Gasteiger partial charge < -0.3 is 15.4 Å². The minimum Gasteiger partial charge on any atom is -0.497 e. The lowest BCUT2D eigenvalue weighted by atomic mass is 10.0. The van der Waals surface area contributed by atoms with Crippen molar-refractivity contribution in [2.45, 2.75) is 25.7 Å². The number of carbonyl (C=O) groups excluding carboxylic acids is 2. The Bertz CT molecular complexity index is 1450. The quantitative estimate of drug-likeness (QED) is 0.323. The maximum absolute atomic E-state index is 14.4. The number of carbonyl (C=O) groups is 2. The van der Waals surface area contributed by atoms with Crippen molar-refractivity contribution in [2.24, 2.45) is 0 Å². The zero-order chi connectivity index (χ0) is 25.5. The molecule has 3 aromatic carbocycles. The van der Waals surface area contributed by atoms with Gasteiger partial charge in [-0.1, -0.05) is 24.3 Å². The number of nitrogens with zero attached hydrogens (tertiary/aromatic N) is 1. The lowest BCUT2D eigenvalue weighted by molar-refractivity contribution is -0.117. The molecule has 0 saturated carbocycles. The average molecular weight is 489 g/mol. The molecule has 0 radical (unpaired) electrons. The van der Waals surface area contributed by atoms with Crippen LogP contribution in [0.2, 0.25) is 0 Å². The highest BCUT2D eigenvalue weighted by Crippen LogP contribution is 2.21. The van der Waals surface area contributed by atoms with E-state index in [1.165, 1.54) is 6.07 Å². The third-order valence-electron chi connectivity index (χ3n) is 5.63. The summed E-state index contributed by atoms with van der Waals surface area (Å²) in [5.74, 6) is -0.495. The van der Waals surface area contributed by atoms with Gasteiger partial charge in [0.2, 0.25) is 11.8 Å². The molecule has 0 aliphatic rings. The molecule has 0 spiro atoms. The van der Waals surface area contributed by atoms with Gasteiger partial charge in [-0.05, 0) is 54.4 Å². The number of hydrogen-bond acceptors (Lipinski definition) is 5. The number of anilines is 2. The summed E-state index contributed by atoms with van der Waals surface area (Å²) in [5, 5.41) is 13.2. The van der Waals surface area contributed by atoms with Crippen LogP contribution in [-0.4, -0.2) is 29.1 Å². The van der Waals surface area contributed by atoms with E-state index < -0.39 is 11.7 Å². The molecule has 184 valence electrons. The standard InChI is InChI=1S/C27H25FN4O4/c1-36-19-12-10-18(11-13-19)29-25(33)7-4-8-26(34)30-24-16-17(9-14-22(24)28)15-23-20-5-2-3-6-21(20)27(35)32-31-23/h2-3,5-6,9-14,16H,4,7-8,15H2,1H3,(H,29,33)(H,30,34)(H,32,35). The molecule has 0 aliphatic heterocycles. The summed E-state index contributed by atoms with van der Waals surface area (Å²) in [7, 11) is 1.56. The van der Waals surface area contributed by atoms with Gasteiger partial charge in [0.15, 0.2) is 0 Å². The number of halogens is 1. The first-order valence-electron chi connectivity index (χ1n) is 11.4. The summed E-state index contributed by atoms with van der Waals surface area (Å²) in [6.07, 6.45) is 0.854. The predicted molar refractivity (Wildman–Crippen MR) is 136 cm³/mol. The van der Waals surface area contributed by atoms with Gasteiger partial charge in [-0.3, -0.25) is 14.4 Å². The topological polar surface area (TPSA) is 113 Å². The Morgan fingerprint density at radius 1 is 0.944 bits per heavy atom. The first-order chi connectivity index (χ1) is 17.4. The number of methoxy groups -OCH3 is 1. The summed E-state index contributed by atoms with van der Waals surface area (Å²) >= 11 is 0. The van der Waals surface area contributed by atoms with E-state index >= 15 is 0 Å².